The van der Waals surface area contributed by atoms with Crippen molar-refractivity contribution in [2.75, 3.05) is 26.1 Å². The third-order valence-corrected chi connectivity index (χ3v) is 6.42. The van der Waals surface area contributed by atoms with Gasteiger partial charge in [0.1, 0.15) is 5.60 Å². The van der Waals surface area contributed by atoms with Crippen LogP contribution in [0.3, 0.4) is 0 Å². The fraction of sp³-hybridized carbons (Fsp3) is 0.345. The third-order valence-electron chi connectivity index (χ3n) is 6.17. The smallest absolute Gasteiger partial charge is 0.411 e. The summed E-state index contributed by atoms with van der Waals surface area (Å²) in [6, 6.07) is 21.0. The molecule has 0 fully saturated rings. The van der Waals surface area contributed by atoms with Crippen LogP contribution in [0.2, 0.25) is 5.02 Å². The predicted molar refractivity (Wildman–Crippen MR) is 143 cm³/mol. The van der Waals surface area contributed by atoms with Gasteiger partial charge in [-0.15, -0.1) is 0 Å². The summed E-state index contributed by atoms with van der Waals surface area (Å²) in [6.07, 6.45) is 0.262. The Kier molecular flexibility index (Phi) is 7.65. The topological polar surface area (TPSA) is 60.0 Å². The lowest BCUT2D eigenvalue weighted by Crippen LogP contribution is -2.52. The van der Waals surface area contributed by atoms with Crippen molar-refractivity contribution in [3.8, 4) is 11.5 Å². The van der Waals surface area contributed by atoms with E-state index in [9.17, 15) is 4.79 Å². The number of methoxy groups -OCH3 is 2. The van der Waals surface area contributed by atoms with Crippen LogP contribution in [-0.4, -0.2) is 43.4 Å². The molecule has 190 valence electrons. The summed E-state index contributed by atoms with van der Waals surface area (Å²) in [5.41, 5.74) is 3.38. The van der Waals surface area contributed by atoms with E-state index >= 15 is 0 Å². The van der Waals surface area contributed by atoms with Crippen LogP contribution in [0.25, 0.3) is 0 Å². The van der Waals surface area contributed by atoms with Crippen LogP contribution in [0, 0.1) is 0 Å². The summed E-state index contributed by atoms with van der Waals surface area (Å²) in [4.78, 5) is 15.6. The molecule has 1 aliphatic rings. The molecule has 4 rings (SSSR count). The summed E-state index contributed by atoms with van der Waals surface area (Å²) in [5, 5.41) is 4.15. The van der Waals surface area contributed by atoms with Gasteiger partial charge in [0.05, 0.1) is 26.3 Å². The van der Waals surface area contributed by atoms with Gasteiger partial charge in [0.15, 0.2) is 11.5 Å². The molecule has 0 saturated carbocycles. The Morgan fingerprint density at radius 2 is 1.64 bits per heavy atom. The van der Waals surface area contributed by atoms with Crippen molar-refractivity contribution in [1.82, 2.24) is 4.90 Å². The second kappa shape index (κ2) is 10.7. The number of carbonyl (C=O) groups excluding carboxylic acids is 1. The van der Waals surface area contributed by atoms with Crippen LogP contribution in [0.4, 0.5) is 10.5 Å². The van der Waals surface area contributed by atoms with Crippen molar-refractivity contribution in [1.29, 1.82) is 0 Å². The highest BCUT2D eigenvalue weighted by Crippen LogP contribution is 2.43. The van der Waals surface area contributed by atoms with Crippen LogP contribution in [0.15, 0.2) is 66.7 Å². The first-order valence-corrected chi connectivity index (χ1v) is 12.4. The standard InChI is InChI=1S/C29H33ClN2O4/c1-29(2,3)36-28(33)32-23(18-31-22-13-11-21(30)12-14-22)15-20-16-25(34-4)26(35-5)17-24(20)27(32)19-9-7-6-8-10-19/h6-14,16-17,23,27,31H,15,18H2,1-5H3/t23-,27-/m0/s1. The molecule has 2 atom stereocenters. The van der Waals surface area contributed by atoms with Gasteiger partial charge in [-0.2, -0.15) is 0 Å². The Morgan fingerprint density at radius 3 is 2.25 bits per heavy atom. The molecule has 0 saturated heterocycles. The van der Waals surface area contributed by atoms with E-state index < -0.39 is 5.60 Å². The Hall–Kier alpha value is -3.38. The summed E-state index contributed by atoms with van der Waals surface area (Å²) in [6.45, 7) is 6.18. The number of nitrogens with one attached hydrogen (secondary N) is 1. The number of carbonyl (C=O) groups is 1. The molecule has 0 radical (unpaired) electrons. The number of fused-ring (bicyclic) bond motifs is 1. The van der Waals surface area contributed by atoms with Crippen LogP contribution in [0.5, 0.6) is 11.5 Å². The number of anilines is 1. The van der Waals surface area contributed by atoms with E-state index in [2.05, 4.69) is 5.32 Å². The van der Waals surface area contributed by atoms with Crippen molar-refractivity contribution < 1.29 is 19.0 Å². The van der Waals surface area contributed by atoms with E-state index in [1.165, 1.54) is 0 Å². The van der Waals surface area contributed by atoms with Crippen molar-refractivity contribution in [3.63, 3.8) is 0 Å². The van der Waals surface area contributed by atoms with Gasteiger partial charge in [0.25, 0.3) is 0 Å². The Balaban J connectivity index is 1.81. The number of ether oxygens (including phenoxy) is 3. The van der Waals surface area contributed by atoms with Crippen LogP contribution in [-0.2, 0) is 11.2 Å². The minimum absolute atomic E-state index is 0.189. The Morgan fingerprint density at radius 1 is 1.00 bits per heavy atom. The fourth-order valence-corrected chi connectivity index (χ4v) is 4.73. The number of hydrogen-bond donors (Lipinski definition) is 1. The Labute approximate surface area is 218 Å². The molecule has 0 aliphatic carbocycles. The van der Waals surface area contributed by atoms with Gasteiger partial charge in [-0.3, -0.25) is 4.90 Å². The largest absolute Gasteiger partial charge is 0.493 e. The van der Waals surface area contributed by atoms with E-state index in [1.54, 1.807) is 14.2 Å². The van der Waals surface area contributed by atoms with Gasteiger partial charge in [0, 0.05) is 17.3 Å². The van der Waals surface area contributed by atoms with Crippen molar-refractivity contribution in [2.24, 2.45) is 0 Å². The van der Waals surface area contributed by atoms with Crippen LogP contribution < -0.4 is 14.8 Å². The number of rotatable bonds is 6. The monoisotopic (exact) mass is 508 g/mol. The van der Waals surface area contributed by atoms with E-state index in [4.69, 9.17) is 25.8 Å². The summed E-state index contributed by atoms with van der Waals surface area (Å²) >= 11 is 6.06. The molecule has 0 bridgehead atoms. The van der Waals surface area contributed by atoms with Gasteiger partial charge in [-0.25, -0.2) is 4.79 Å². The molecule has 3 aromatic rings. The maximum atomic E-state index is 13.8. The number of amides is 1. The zero-order chi connectivity index (χ0) is 25.9. The van der Waals surface area contributed by atoms with Crippen molar-refractivity contribution in [3.05, 3.63) is 88.4 Å². The predicted octanol–water partition coefficient (Wildman–Crippen LogP) is 6.72. The first-order valence-electron chi connectivity index (χ1n) is 12.0. The van der Waals surface area contributed by atoms with Crippen molar-refractivity contribution in [2.45, 2.75) is 44.9 Å². The summed E-state index contributed by atoms with van der Waals surface area (Å²) in [7, 11) is 3.25. The quantitative estimate of drug-likeness (QED) is 0.400. The number of benzene rings is 3. The summed E-state index contributed by atoms with van der Waals surface area (Å²) in [5.74, 6) is 1.29. The first-order chi connectivity index (χ1) is 17.2. The maximum Gasteiger partial charge on any atom is 0.411 e. The van der Waals surface area contributed by atoms with Crippen LogP contribution in [0.1, 0.15) is 43.5 Å². The van der Waals surface area contributed by atoms with Gasteiger partial charge in [0.2, 0.25) is 0 Å². The average Bonchev–Trinajstić information content (AvgIpc) is 2.86. The minimum atomic E-state index is -0.635. The molecule has 3 aromatic carbocycles. The molecule has 1 heterocycles. The zero-order valence-corrected chi connectivity index (χ0v) is 22.1. The van der Waals surface area contributed by atoms with Gasteiger partial charge in [-0.1, -0.05) is 41.9 Å². The molecule has 1 N–H and O–H groups in total. The van der Waals surface area contributed by atoms with E-state index in [1.807, 2.05) is 92.4 Å². The highest BCUT2D eigenvalue weighted by molar-refractivity contribution is 6.30. The number of nitrogens with zero attached hydrogens (tertiary/aromatic N) is 1. The number of halogens is 1. The lowest BCUT2D eigenvalue weighted by molar-refractivity contribution is 0.00740. The molecule has 1 amide bonds. The van der Waals surface area contributed by atoms with E-state index in [0.717, 1.165) is 22.4 Å². The van der Waals surface area contributed by atoms with Gasteiger partial charge < -0.3 is 19.5 Å². The van der Waals surface area contributed by atoms with Crippen molar-refractivity contribution >= 4 is 23.4 Å². The second-order valence-electron chi connectivity index (χ2n) is 9.85. The molecule has 0 unspecified atom stereocenters. The second-order valence-corrected chi connectivity index (χ2v) is 10.3. The molecule has 0 spiro atoms. The molecule has 6 nitrogen and oxygen atoms in total. The zero-order valence-electron chi connectivity index (χ0n) is 21.4. The van der Waals surface area contributed by atoms with E-state index in [0.29, 0.717) is 29.5 Å². The fourth-order valence-electron chi connectivity index (χ4n) is 4.60. The highest BCUT2D eigenvalue weighted by atomic mass is 35.5. The minimum Gasteiger partial charge on any atom is -0.493 e. The lowest BCUT2D eigenvalue weighted by atomic mass is 9.84. The summed E-state index contributed by atoms with van der Waals surface area (Å²) < 4.78 is 17.2. The molecule has 0 aromatic heterocycles. The first kappa shape index (κ1) is 25.7. The SMILES string of the molecule is COc1cc2c(cc1OC)[C@H](c1ccccc1)N(C(=O)OC(C)(C)C)[C@H](CNc1ccc(Cl)cc1)C2. The van der Waals surface area contributed by atoms with Gasteiger partial charge >= 0.3 is 6.09 Å². The highest BCUT2D eigenvalue weighted by Gasteiger charge is 2.41. The number of hydrogen-bond acceptors (Lipinski definition) is 5. The molecule has 1 aliphatic heterocycles. The average molecular weight is 509 g/mol. The molecule has 36 heavy (non-hydrogen) atoms. The van der Waals surface area contributed by atoms with Crippen LogP contribution >= 0.6 is 11.6 Å². The Bertz CT molecular complexity index is 1190. The lowest BCUT2D eigenvalue weighted by Gasteiger charge is -2.44. The normalized spacial score (nSPS) is 17.2. The third kappa shape index (κ3) is 5.71. The molecule has 7 heteroatoms. The van der Waals surface area contributed by atoms with Gasteiger partial charge in [-0.05, 0) is 80.3 Å². The molecular formula is C29H33ClN2O4. The maximum absolute atomic E-state index is 13.8. The molecular weight excluding hydrogens is 476 g/mol. The van der Waals surface area contributed by atoms with E-state index in [-0.39, 0.29) is 18.2 Å².